The summed E-state index contributed by atoms with van der Waals surface area (Å²) in [6.45, 7) is 11.8. The molecular formula is C18H28N2O2. The molecule has 1 N–H and O–H groups in total. The third-order valence-electron chi connectivity index (χ3n) is 3.62. The van der Waals surface area contributed by atoms with Gasteiger partial charge in [0.2, 0.25) is 5.91 Å². The average Bonchev–Trinajstić information content (AvgIpc) is 2.45. The summed E-state index contributed by atoms with van der Waals surface area (Å²) < 4.78 is 0. The zero-order valence-electron chi connectivity index (χ0n) is 14.4. The Hall–Kier alpha value is -1.84. The minimum Gasteiger partial charge on any atom is -0.350 e. The van der Waals surface area contributed by atoms with Crippen LogP contribution in [0.2, 0.25) is 0 Å². The van der Waals surface area contributed by atoms with Gasteiger partial charge in [0.25, 0.3) is 5.91 Å². The quantitative estimate of drug-likeness (QED) is 0.878. The first-order chi connectivity index (χ1) is 10.3. The van der Waals surface area contributed by atoms with Crippen LogP contribution in [0.4, 0.5) is 0 Å². The first kappa shape index (κ1) is 18.2. The number of hydrogen-bond acceptors (Lipinski definition) is 2. The first-order valence-electron chi connectivity index (χ1n) is 7.90. The van der Waals surface area contributed by atoms with E-state index in [4.69, 9.17) is 0 Å². The van der Waals surface area contributed by atoms with E-state index in [1.807, 2.05) is 31.2 Å². The summed E-state index contributed by atoms with van der Waals surface area (Å²) in [5, 5.41) is 2.87. The van der Waals surface area contributed by atoms with Gasteiger partial charge in [-0.1, -0.05) is 39.8 Å². The van der Waals surface area contributed by atoms with Crippen LogP contribution in [-0.4, -0.2) is 36.3 Å². The van der Waals surface area contributed by atoms with Crippen molar-refractivity contribution in [2.24, 2.45) is 0 Å². The Kier molecular flexibility index (Phi) is 6.60. The van der Waals surface area contributed by atoms with Gasteiger partial charge in [-0.2, -0.15) is 0 Å². The number of carbonyl (C=O) groups excluding carboxylic acids is 2. The highest BCUT2D eigenvalue weighted by atomic mass is 16.2. The number of rotatable bonds is 6. The lowest BCUT2D eigenvalue weighted by molar-refractivity contribution is -0.128. The second-order valence-corrected chi connectivity index (χ2v) is 6.59. The Balaban J connectivity index is 2.53. The Labute approximate surface area is 133 Å². The zero-order chi connectivity index (χ0) is 16.8. The maximum absolute atomic E-state index is 12.1. The third kappa shape index (κ3) is 5.51. The minimum atomic E-state index is -0.0968. The molecule has 0 spiro atoms. The molecule has 0 saturated carbocycles. The van der Waals surface area contributed by atoms with Crippen molar-refractivity contribution in [2.75, 3.05) is 19.6 Å². The summed E-state index contributed by atoms with van der Waals surface area (Å²) in [4.78, 5) is 25.3. The van der Waals surface area contributed by atoms with Crippen molar-refractivity contribution in [1.82, 2.24) is 10.2 Å². The molecule has 0 unspecified atom stereocenters. The second kappa shape index (κ2) is 7.97. The SMILES string of the molecule is CCCN(CCNC(=O)c1ccc(C(C)(C)C)cc1)C(C)=O. The molecule has 0 saturated heterocycles. The molecule has 0 heterocycles. The molecule has 0 aliphatic rings. The van der Waals surface area contributed by atoms with Gasteiger partial charge in [0.15, 0.2) is 0 Å². The Morgan fingerprint density at radius 3 is 2.14 bits per heavy atom. The van der Waals surface area contributed by atoms with Crippen LogP contribution in [0.5, 0.6) is 0 Å². The van der Waals surface area contributed by atoms with Crippen LogP contribution in [0.3, 0.4) is 0 Å². The highest BCUT2D eigenvalue weighted by molar-refractivity contribution is 5.94. The van der Waals surface area contributed by atoms with E-state index in [9.17, 15) is 9.59 Å². The van der Waals surface area contributed by atoms with Gasteiger partial charge in [-0.15, -0.1) is 0 Å². The zero-order valence-corrected chi connectivity index (χ0v) is 14.4. The Morgan fingerprint density at radius 2 is 1.68 bits per heavy atom. The van der Waals surface area contributed by atoms with E-state index in [-0.39, 0.29) is 17.2 Å². The maximum atomic E-state index is 12.1. The van der Waals surface area contributed by atoms with E-state index in [1.165, 1.54) is 5.56 Å². The average molecular weight is 304 g/mol. The predicted octanol–water partition coefficient (Wildman–Crippen LogP) is 2.97. The number of benzene rings is 1. The first-order valence-corrected chi connectivity index (χ1v) is 7.90. The lowest BCUT2D eigenvalue weighted by Gasteiger charge is -2.20. The molecule has 4 heteroatoms. The Morgan fingerprint density at radius 1 is 1.09 bits per heavy atom. The summed E-state index contributed by atoms with van der Waals surface area (Å²) >= 11 is 0. The van der Waals surface area contributed by atoms with Gasteiger partial charge in [-0.25, -0.2) is 0 Å². The van der Waals surface area contributed by atoms with Crippen molar-refractivity contribution < 1.29 is 9.59 Å². The van der Waals surface area contributed by atoms with Crippen LogP contribution in [-0.2, 0) is 10.2 Å². The largest absolute Gasteiger partial charge is 0.350 e. The van der Waals surface area contributed by atoms with Gasteiger partial charge < -0.3 is 10.2 Å². The van der Waals surface area contributed by atoms with E-state index < -0.39 is 0 Å². The summed E-state index contributed by atoms with van der Waals surface area (Å²) in [7, 11) is 0. The predicted molar refractivity (Wildman–Crippen MR) is 90.0 cm³/mol. The molecule has 2 amide bonds. The number of amides is 2. The van der Waals surface area contributed by atoms with Crippen molar-refractivity contribution in [1.29, 1.82) is 0 Å². The fourth-order valence-electron chi connectivity index (χ4n) is 2.22. The van der Waals surface area contributed by atoms with Crippen LogP contribution in [0.1, 0.15) is 57.0 Å². The molecule has 0 aromatic heterocycles. The van der Waals surface area contributed by atoms with Crippen LogP contribution < -0.4 is 5.32 Å². The highest BCUT2D eigenvalue weighted by Crippen LogP contribution is 2.22. The van der Waals surface area contributed by atoms with E-state index in [2.05, 4.69) is 26.1 Å². The number of carbonyl (C=O) groups is 2. The summed E-state index contributed by atoms with van der Waals surface area (Å²) in [6.07, 6.45) is 0.918. The smallest absolute Gasteiger partial charge is 0.251 e. The lowest BCUT2D eigenvalue weighted by Crippen LogP contribution is -2.37. The molecule has 4 nitrogen and oxygen atoms in total. The van der Waals surface area contributed by atoms with Crippen molar-refractivity contribution in [3.8, 4) is 0 Å². The second-order valence-electron chi connectivity index (χ2n) is 6.59. The van der Waals surface area contributed by atoms with Crippen LogP contribution in [0.25, 0.3) is 0 Å². The number of nitrogens with one attached hydrogen (secondary N) is 1. The van der Waals surface area contributed by atoms with Crippen molar-refractivity contribution in [3.63, 3.8) is 0 Å². The lowest BCUT2D eigenvalue weighted by atomic mass is 9.87. The van der Waals surface area contributed by atoms with Gasteiger partial charge >= 0.3 is 0 Å². The van der Waals surface area contributed by atoms with Crippen LogP contribution in [0.15, 0.2) is 24.3 Å². The fourth-order valence-corrected chi connectivity index (χ4v) is 2.22. The molecule has 0 atom stereocenters. The van der Waals surface area contributed by atoms with Gasteiger partial charge in [-0.05, 0) is 29.5 Å². The summed E-state index contributed by atoms with van der Waals surface area (Å²) in [5.41, 5.74) is 1.93. The number of nitrogens with zero attached hydrogens (tertiary/aromatic N) is 1. The Bertz CT molecular complexity index is 501. The monoisotopic (exact) mass is 304 g/mol. The van der Waals surface area contributed by atoms with Gasteiger partial charge in [-0.3, -0.25) is 9.59 Å². The van der Waals surface area contributed by atoms with Gasteiger partial charge in [0.05, 0.1) is 0 Å². The molecular weight excluding hydrogens is 276 g/mol. The molecule has 1 aromatic carbocycles. The highest BCUT2D eigenvalue weighted by Gasteiger charge is 2.14. The van der Waals surface area contributed by atoms with Crippen molar-refractivity contribution >= 4 is 11.8 Å². The van der Waals surface area contributed by atoms with Gasteiger partial charge in [0.1, 0.15) is 0 Å². The third-order valence-corrected chi connectivity index (χ3v) is 3.62. The van der Waals surface area contributed by atoms with Crippen molar-refractivity contribution in [3.05, 3.63) is 35.4 Å². The molecule has 1 rings (SSSR count). The van der Waals surface area contributed by atoms with E-state index in [1.54, 1.807) is 11.8 Å². The molecule has 0 aliphatic carbocycles. The fraction of sp³-hybridized carbons (Fsp3) is 0.556. The number of hydrogen-bond donors (Lipinski definition) is 1. The molecule has 0 aliphatic heterocycles. The van der Waals surface area contributed by atoms with Gasteiger partial charge in [0, 0.05) is 32.1 Å². The van der Waals surface area contributed by atoms with Crippen LogP contribution >= 0.6 is 0 Å². The van der Waals surface area contributed by atoms with E-state index in [0.717, 1.165) is 13.0 Å². The van der Waals surface area contributed by atoms with Crippen LogP contribution in [0, 0.1) is 0 Å². The molecule has 1 aromatic rings. The molecule has 0 radical (unpaired) electrons. The van der Waals surface area contributed by atoms with E-state index >= 15 is 0 Å². The molecule has 0 bridgehead atoms. The maximum Gasteiger partial charge on any atom is 0.251 e. The minimum absolute atomic E-state index is 0.0469. The molecule has 22 heavy (non-hydrogen) atoms. The standard InChI is InChI=1S/C18H28N2O2/c1-6-12-20(14(2)21)13-11-19-17(22)15-7-9-16(10-8-15)18(3,4)5/h7-10H,6,11-13H2,1-5H3,(H,19,22). The van der Waals surface area contributed by atoms with E-state index in [0.29, 0.717) is 18.7 Å². The summed E-state index contributed by atoms with van der Waals surface area (Å²) in [5.74, 6) is -0.0499. The topological polar surface area (TPSA) is 49.4 Å². The van der Waals surface area contributed by atoms with Crippen molar-refractivity contribution in [2.45, 2.75) is 46.5 Å². The summed E-state index contributed by atoms with van der Waals surface area (Å²) in [6, 6.07) is 7.69. The molecule has 122 valence electrons. The molecule has 0 fully saturated rings. The normalized spacial score (nSPS) is 11.1.